The zero-order valence-electron chi connectivity index (χ0n) is 8.88. The van der Waals surface area contributed by atoms with E-state index in [-0.39, 0.29) is 0 Å². The highest BCUT2D eigenvalue weighted by molar-refractivity contribution is 7.99. The molecular formula is C11H17N3S. The van der Waals surface area contributed by atoms with E-state index < -0.39 is 0 Å². The largest absolute Gasteiger partial charge is 0.312 e. The number of hydrogen-bond acceptors (Lipinski definition) is 3. The summed E-state index contributed by atoms with van der Waals surface area (Å²) in [6, 6.07) is 0.636. The van der Waals surface area contributed by atoms with Gasteiger partial charge in [0.15, 0.2) is 0 Å². The van der Waals surface area contributed by atoms with Crippen LogP contribution in [0.3, 0.4) is 0 Å². The molecule has 0 aromatic carbocycles. The minimum absolute atomic E-state index is 0.636. The summed E-state index contributed by atoms with van der Waals surface area (Å²) in [7, 11) is 0. The zero-order chi connectivity index (χ0) is 10.1. The molecule has 2 heterocycles. The number of fused-ring (bicyclic) bond motifs is 1. The lowest BCUT2D eigenvalue weighted by atomic mass is 10.1. The maximum Gasteiger partial charge on any atom is 0.0672 e. The predicted octanol–water partition coefficient (Wildman–Crippen LogP) is 1.15. The number of rotatable bonds is 2. The summed E-state index contributed by atoms with van der Waals surface area (Å²) in [5, 5.41) is 11.2. The molecule has 0 bridgehead atoms. The summed E-state index contributed by atoms with van der Waals surface area (Å²) in [4.78, 5) is 0. The topological polar surface area (TPSA) is 40.7 Å². The molecule has 0 amide bonds. The first-order valence-electron chi connectivity index (χ1n) is 5.79. The Kier molecular flexibility index (Phi) is 2.71. The van der Waals surface area contributed by atoms with Gasteiger partial charge in [-0.2, -0.15) is 16.9 Å². The highest BCUT2D eigenvalue weighted by Crippen LogP contribution is 2.24. The minimum atomic E-state index is 0.636. The molecule has 2 aliphatic rings. The Morgan fingerprint density at radius 1 is 1.40 bits per heavy atom. The van der Waals surface area contributed by atoms with E-state index in [1.165, 1.54) is 47.7 Å². The van der Waals surface area contributed by atoms with E-state index in [9.17, 15) is 0 Å². The van der Waals surface area contributed by atoms with Crippen LogP contribution in [-0.4, -0.2) is 34.3 Å². The SMILES string of the molecule is C1Cc2[nH]nc(CC3CSCCN3)c2C1. The first-order chi connectivity index (χ1) is 7.43. The Balaban J connectivity index is 1.70. The van der Waals surface area contributed by atoms with E-state index in [2.05, 4.69) is 27.3 Å². The molecule has 1 atom stereocenters. The average molecular weight is 223 g/mol. The first-order valence-corrected chi connectivity index (χ1v) is 6.95. The van der Waals surface area contributed by atoms with Gasteiger partial charge in [-0.15, -0.1) is 0 Å². The second-order valence-corrected chi connectivity index (χ2v) is 5.56. The standard InChI is InChI=1S/C11H17N3S/c1-2-9-10(3-1)13-14-11(9)6-8-7-15-5-4-12-8/h8,12H,1-7H2,(H,13,14). The van der Waals surface area contributed by atoms with Gasteiger partial charge in [0.25, 0.3) is 0 Å². The van der Waals surface area contributed by atoms with Crippen LogP contribution in [0.25, 0.3) is 0 Å². The van der Waals surface area contributed by atoms with E-state index in [0.29, 0.717) is 6.04 Å². The van der Waals surface area contributed by atoms with Gasteiger partial charge in [-0.25, -0.2) is 0 Å². The van der Waals surface area contributed by atoms with Gasteiger partial charge >= 0.3 is 0 Å². The molecule has 1 aliphatic carbocycles. The molecular weight excluding hydrogens is 206 g/mol. The lowest BCUT2D eigenvalue weighted by Crippen LogP contribution is -2.39. The van der Waals surface area contributed by atoms with Crippen LogP contribution < -0.4 is 5.32 Å². The number of aromatic nitrogens is 2. The van der Waals surface area contributed by atoms with Crippen molar-refractivity contribution in [3.63, 3.8) is 0 Å². The Morgan fingerprint density at radius 3 is 3.27 bits per heavy atom. The molecule has 1 unspecified atom stereocenters. The van der Waals surface area contributed by atoms with Gasteiger partial charge in [0.2, 0.25) is 0 Å². The molecule has 15 heavy (non-hydrogen) atoms. The van der Waals surface area contributed by atoms with E-state index >= 15 is 0 Å². The Bertz CT molecular complexity index is 342. The van der Waals surface area contributed by atoms with Gasteiger partial charge in [0, 0.05) is 36.2 Å². The van der Waals surface area contributed by atoms with Gasteiger partial charge in [-0.3, -0.25) is 5.10 Å². The van der Waals surface area contributed by atoms with Crippen molar-refractivity contribution in [3.05, 3.63) is 17.0 Å². The summed E-state index contributed by atoms with van der Waals surface area (Å²) in [6.45, 7) is 1.15. The molecule has 1 aliphatic heterocycles. The molecule has 2 N–H and O–H groups in total. The number of nitrogens with one attached hydrogen (secondary N) is 2. The Labute approximate surface area is 94.4 Å². The van der Waals surface area contributed by atoms with Crippen LogP contribution in [0.1, 0.15) is 23.4 Å². The van der Waals surface area contributed by atoms with Crippen molar-refractivity contribution in [2.75, 3.05) is 18.1 Å². The van der Waals surface area contributed by atoms with Crippen molar-refractivity contribution >= 4 is 11.8 Å². The number of H-pyrrole nitrogens is 1. The van der Waals surface area contributed by atoms with E-state index in [1.807, 2.05) is 0 Å². The molecule has 0 radical (unpaired) electrons. The van der Waals surface area contributed by atoms with Crippen LogP contribution in [0.15, 0.2) is 0 Å². The lowest BCUT2D eigenvalue weighted by Gasteiger charge is -2.22. The molecule has 1 aromatic heterocycles. The minimum Gasteiger partial charge on any atom is -0.312 e. The Hall–Kier alpha value is -0.480. The summed E-state index contributed by atoms with van der Waals surface area (Å²) >= 11 is 2.06. The quantitative estimate of drug-likeness (QED) is 0.790. The summed E-state index contributed by atoms with van der Waals surface area (Å²) in [5.41, 5.74) is 4.24. The number of hydrogen-bond donors (Lipinski definition) is 2. The van der Waals surface area contributed by atoms with Gasteiger partial charge in [-0.1, -0.05) is 0 Å². The van der Waals surface area contributed by atoms with Crippen molar-refractivity contribution in [2.24, 2.45) is 0 Å². The number of thioether (sulfide) groups is 1. The van der Waals surface area contributed by atoms with Crippen LogP contribution in [0.5, 0.6) is 0 Å². The van der Waals surface area contributed by atoms with Crippen molar-refractivity contribution in [1.82, 2.24) is 15.5 Å². The maximum absolute atomic E-state index is 4.46. The molecule has 4 heteroatoms. The third-order valence-electron chi connectivity index (χ3n) is 3.33. The van der Waals surface area contributed by atoms with Crippen molar-refractivity contribution in [1.29, 1.82) is 0 Å². The molecule has 82 valence electrons. The average Bonchev–Trinajstić information content (AvgIpc) is 2.85. The monoisotopic (exact) mass is 223 g/mol. The van der Waals surface area contributed by atoms with Gasteiger partial charge in [-0.05, 0) is 24.8 Å². The highest BCUT2D eigenvalue weighted by Gasteiger charge is 2.21. The van der Waals surface area contributed by atoms with Crippen molar-refractivity contribution in [2.45, 2.75) is 31.7 Å². The van der Waals surface area contributed by atoms with Crippen LogP contribution >= 0.6 is 11.8 Å². The van der Waals surface area contributed by atoms with Crippen LogP contribution in [-0.2, 0) is 19.3 Å². The number of aromatic amines is 1. The van der Waals surface area contributed by atoms with Crippen molar-refractivity contribution < 1.29 is 0 Å². The van der Waals surface area contributed by atoms with Gasteiger partial charge < -0.3 is 5.32 Å². The normalized spacial score (nSPS) is 25.5. The molecule has 1 saturated heterocycles. The predicted molar refractivity (Wildman–Crippen MR) is 63.4 cm³/mol. The fourth-order valence-electron chi connectivity index (χ4n) is 2.54. The summed E-state index contributed by atoms with van der Waals surface area (Å²) in [5.74, 6) is 2.50. The number of nitrogens with zero attached hydrogens (tertiary/aromatic N) is 1. The maximum atomic E-state index is 4.46. The molecule has 3 nitrogen and oxygen atoms in total. The fourth-order valence-corrected chi connectivity index (χ4v) is 3.49. The van der Waals surface area contributed by atoms with E-state index in [0.717, 1.165) is 13.0 Å². The molecule has 1 aromatic rings. The lowest BCUT2D eigenvalue weighted by molar-refractivity contribution is 0.554. The smallest absolute Gasteiger partial charge is 0.0672 e. The molecule has 0 spiro atoms. The zero-order valence-corrected chi connectivity index (χ0v) is 9.70. The van der Waals surface area contributed by atoms with Crippen LogP contribution in [0.2, 0.25) is 0 Å². The third-order valence-corrected chi connectivity index (χ3v) is 4.46. The number of aryl methyl sites for hydroxylation is 1. The molecule has 0 saturated carbocycles. The first kappa shape index (κ1) is 9.73. The van der Waals surface area contributed by atoms with Gasteiger partial charge in [0.05, 0.1) is 5.69 Å². The second-order valence-electron chi connectivity index (χ2n) is 4.41. The summed E-state index contributed by atoms with van der Waals surface area (Å²) < 4.78 is 0. The highest BCUT2D eigenvalue weighted by atomic mass is 32.2. The van der Waals surface area contributed by atoms with E-state index in [4.69, 9.17) is 0 Å². The molecule has 3 rings (SSSR count). The van der Waals surface area contributed by atoms with Gasteiger partial charge in [0.1, 0.15) is 0 Å². The van der Waals surface area contributed by atoms with Crippen LogP contribution in [0, 0.1) is 0 Å². The van der Waals surface area contributed by atoms with Crippen molar-refractivity contribution in [3.8, 4) is 0 Å². The third kappa shape index (κ3) is 1.93. The van der Waals surface area contributed by atoms with Crippen LogP contribution in [0.4, 0.5) is 0 Å². The second kappa shape index (κ2) is 4.18. The molecule has 1 fully saturated rings. The Morgan fingerprint density at radius 2 is 2.40 bits per heavy atom. The fraction of sp³-hybridized carbons (Fsp3) is 0.727. The summed E-state index contributed by atoms with van der Waals surface area (Å²) in [6.07, 6.45) is 4.86. The van der Waals surface area contributed by atoms with E-state index in [1.54, 1.807) is 0 Å².